The molecule has 16 heavy (non-hydrogen) atoms. The fourth-order valence-electron chi connectivity index (χ4n) is 1.17. The third kappa shape index (κ3) is 6.43. The summed E-state index contributed by atoms with van der Waals surface area (Å²) in [5.74, 6) is 0.467. The van der Waals surface area contributed by atoms with Crippen molar-refractivity contribution in [3.8, 4) is 0 Å². The lowest BCUT2D eigenvalue weighted by Crippen LogP contribution is -2.38. The number of hydrogen-bond donors (Lipinski definition) is 2. The minimum absolute atomic E-state index is 0.0198. The summed E-state index contributed by atoms with van der Waals surface area (Å²) >= 11 is 0. The van der Waals surface area contributed by atoms with E-state index in [4.69, 9.17) is 0 Å². The van der Waals surface area contributed by atoms with Crippen molar-refractivity contribution in [3.05, 3.63) is 0 Å². The van der Waals surface area contributed by atoms with Gasteiger partial charge in [-0.3, -0.25) is 9.59 Å². The van der Waals surface area contributed by atoms with Gasteiger partial charge in [0.15, 0.2) is 0 Å². The Balaban J connectivity index is 3.59. The molecule has 94 valence electrons. The summed E-state index contributed by atoms with van der Waals surface area (Å²) < 4.78 is 0. The largest absolute Gasteiger partial charge is 0.354 e. The van der Waals surface area contributed by atoms with Gasteiger partial charge >= 0.3 is 0 Å². The molecule has 0 aromatic heterocycles. The smallest absolute Gasteiger partial charge is 0.223 e. The molecular formula is C12H24N2O2. The van der Waals surface area contributed by atoms with Crippen molar-refractivity contribution in [3.63, 3.8) is 0 Å². The second kappa shape index (κ2) is 8.13. The van der Waals surface area contributed by atoms with E-state index in [0.29, 0.717) is 25.4 Å². The van der Waals surface area contributed by atoms with Crippen LogP contribution in [0.25, 0.3) is 0 Å². The summed E-state index contributed by atoms with van der Waals surface area (Å²) in [5.41, 5.74) is 0. The zero-order chi connectivity index (χ0) is 12.6. The van der Waals surface area contributed by atoms with Crippen molar-refractivity contribution >= 4 is 11.8 Å². The van der Waals surface area contributed by atoms with Crippen LogP contribution in [0.5, 0.6) is 0 Å². The van der Waals surface area contributed by atoms with Crippen LogP contribution in [0.3, 0.4) is 0 Å². The molecule has 4 nitrogen and oxygen atoms in total. The Morgan fingerprint density at radius 2 is 1.62 bits per heavy atom. The van der Waals surface area contributed by atoms with E-state index in [1.807, 2.05) is 27.7 Å². The van der Waals surface area contributed by atoms with Crippen molar-refractivity contribution in [2.75, 3.05) is 13.1 Å². The minimum atomic E-state index is 0.0198. The van der Waals surface area contributed by atoms with E-state index >= 15 is 0 Å². The monoisotopic (exact) mass is 228 g/mol. The number of carbonyl (C=O) groups excluding carboxylic acids is 2. The van der Waals surface area contributed by atoms with Gasteiger partial charge in [0, 0.05) is 25.4 Å². The maximum absolute atomic E-state index is 11.5. The van der Waals surface area contributed by atoms with Crippen molar-refractivity contribution in [1.82, 2.24) is 10.6 Å². The number of nitrogens with one attached hydrogen (secondary N) is 2. The fourth-order valence-corrected chi connectivity index (χ4v) is 1.17. The maximum Gasteiger partial charge on any atom is 0.223 e. The molecule has 0 heterocycles. The van der Waals surface area contributed by atoms with Gasteiger partial charge < -0.3 is 10.6 Å². The molecule has 2 N–H and O–H groups in total. The fraction of sp³-hybridized carbons (Fsp3) is 0.833. The second-order valence-corrected chi connectivity index (χ2v) is 4.42. The summed E-state index contributed by atoms with van der Waals surface area (Å²) in [5, 5.41) is 5.56. The van der Waals surface area contributed by atoms with Crippen LogP contribution in [0.2, 0.25) is 0 Å². The summed E-state index contributed by atoms with van der Waals surface area (Å²) in [6, 6.07) is 0. The molecule has 0 radical (unpaired) electrons. The molecule has 0 aliphatic rings. The highest BCUT2D eigenvalue weighted by Crippen LogP contribution is 2.08. The third-order valence-corrected chi connectivity index (χ3v) is 2.64. The average Bonchev–Trinajstić information content (AvgIpc) is 2.23. The second-order valence-electron chi connectivity index (χ2n) is 4.42. The van der Waals surface area contributed by atoms with Crippen LogP contribution in [0.4, 0.5) is 0 Å². The Morgan fingerprint density at radius 1 is 1.06 bits per heavy atom. The molecule has 0 aromatic carbocycles. The van der Waals surface area contributed by atoms with Crippen LogP contribution in [0, 0.1) is 11.8 Å². The maximum atomic E-state index is 11.5. The van der Waals surface area contributed by atoms with Gasteiger partial charge in [0.05, 0.1) is 0 Å². The lowest BCUT2D eigenvalue weighted by atomic mass is 9.97. The molecule has 0 aliphatic carbocycles. The highest BCUT2D eigenvalue weighted by atomic mass is 16.2. The highest BCUT2D eigenvalue weighted by molar-refractivity contribution is 5.78. The van der Waals surface area contributed by atoms with Crippen molar-refractivity contribution in [2.24, 2.45) is 11.8 Å². The van der Waals surface area contributed by atoms with Crippen molar-refractivity contribution in [2.45, 2.75) is 40.5 Å². The molecule has 2 amide bonds. The van der Waals surface area contributed by atoms with Crippen LogP contribution in [-0.4, -0.2) is 24.9 Å². The number of amides is 2. The minimum Gasteiger partial charge on any atom is -0.354 e. The van der Waals surface area contributed by atoms with Crippen molar-refractivity contribution < 1.29 is 9.59 Å². The van der Waals surface area contributed by atoms with Gasteiger partial charge in [0.1, 0.15) is 0 Å². The molecule has 1 atom stereocenters. The van der Waals surface area contributed by atoms with Crippen LogP contribution in [0.15, 0.2) is 0 Å². The number of carbonyl (C=O) groups is 2. The predicted molar refractivity (Wildman–Crippen MR) is 64.9 cm³/mol. The average molecular weight is 228 g/mol. The Bertz CT molecular complexity index is 227. The van der Waals surface area contributed by atoms with Crippen LogP contribution >= 0.6 is 0 Å². The first-order valence-electron chi connectivity index (χ1n) is 6.03. The third-order valence-electron chi connectivity index (χ3n) is 2.64. The van der Waals surface area contributed by atoms with Crippen LogP contribution in [0.1, 0.15) is 40.5 Å². The molecule has 1 unspecified atom stereocenters. The summed E-state index contributed by atoms with van der Waals surface area (Å²) in [6.45, 7) is 8.93. The van der Waals surface area contributed by atoms with Gasteiger partial charge in [-0.15, -0.1) is 0 Å². The predicted octanol–water partition coefficient (Wildman–Crippen LogP) is 1.31. The summed E-state index contributed by atoms with van der Waals surface area (Å²) in [7, 11) is 0. The summed E-state index contributed by atoms with van der Waals surface area (Å²) in [6.07, 6.45) is 1.40. The van der Waals surface area contributed by atoms with Crippen LogP contribution < -0.4 is 10.6 Å². The van der Waals surface area contributed by atoms with E-state index in [9.17, 15) is 9.59 Å². The summed E-state index contributed by atoms with van der Waals surface area (Å²) in [4.78, 5) is 22.6. The van der Waals surface area contributed by atoms with Gasteiger partial charge in [0.2, 0.25) is 11.8 Å². The zero-order valence-corrected chi connectivity index (χ0v) is 10.8. The molecule has 0 aliphatic heterocycles. The Kier molecular flexibility index (Phi) is 7.60. The SMILES string of the molecule is CCCC(=O)NCCNC(=O)C(C)C(C)C. The normalized spacial score (nSPS) is 12.3. The zero-order valence-electron chi connectivity index (χ0n) is 10.8. The Labute approximate surface area is 98.2 Å². The topological polar surface area (TPSA) is 58.2 Å². The van der Waals surface area contributed by atoms with Gasteiger partial charge in [-0.1, -0.05) is 27.7 Å². The first-order chi connectivity index (χ1) is 7.49. The lowest BCUT2D eigenvalue weighted by molar-refractivity contribution is -0.126. The van der Waals surface area contributed by atoms with E-state index in [2.05, 4.69) is 10.6 Å². The van der Waals surface area contributed by atoms with E-state index in [0.717, 1.165) is 6.42 Å². The quantitative estimate of drug-likeness (QED) is 0.645. The molecule has 0 bridgehead atoms. The van der Waals surface area contributed by atoms with E-state index in [-0.39, 0.29) is 17.7 Å². The lowest BCUT2D eigenvalue weighted by Gasteiger charge is -2.15. The van der Waals surface area contributed by atoms with E-state index in [1.165, 1.54) is 0 Å². The van der Waals surface area contributed by atoms with Gasteiger partial charge in [-0.25, -0.2) is 0 Å². The first-order valence-corrected chi connectivity index (χ1v) is 6.03. The van der Waals surface area contributed by atoms with Crippen LogP contribution in [-0.2, 0) is 9.59 Å². The molecule has 0 spiro atoms. The van der Waals surface area contributed by atoms with E-state index in [1.54, 1.807) is 0 Å². The van der Waals surface area contributed by atoms with Gasteiger partial charge in [0.25, 0.3) is 0 Å². The van der Waals surface area contributed by atoms with Gasteiger partial charge in [-0.2, -0.15) is 0 Å². The molecule has 0 aromatic rings. The van der Waals surface area contributed by atoms with E-state index < -0.39 is 0 Å². The number of hydrogen-bond acceptors (Lipinski definition) is 2. The highest BCUT2D eigenvalue weighted by Gasteiger charge is 2.15. The molecule has 0 rings (SSSR count). The molecular weight excluding hydrogens is 204 g/mol. The number of rotatable bonds is 7. The standard InChI is InChI=1S/C12H24N2O2/c1-5-6-11(15)13-7-8-14-12(16)10(4)9(2)3/h9-10H,5-8H2,1-4H3,(H,13,15)(H,14,16). The molecule has 0 saturated carbocycles. The Morgan fingerprint density at radius 3 is 2.12 bits per heavy atom. The molecule has 0 saturated heterocycles. The Hall–Kier alpha value is -1.06. The van der Waals surface area contributed by atoms with Gasteiger partial charge in [-0.05, 0) is 12.3 Å². The first kappa shape index (κ1) is 14.9. The van der Waals surface area contributed by atoms with Crippen molar-refractivity contribution in [1.29, 1.82) is 0 Å². The molecule has 0 fully saturated rings. The molecule has 4 heteroatoms.